The van der Waals surface area contributed by atoms with Crippen LogP contribution in [-0.4, -0.2) is 13.4 Å². The molecule has 0 saturated carbocycles. The van der Waals surface area contributed by atoms with Gasteiger partial charge in [0.05, 0.1) is 6.26 Å². The summed E-state index contributed by atoms with van der Waals surface area (Å²) in [6.45, 7) is 2.14. The van der Waals surface area contributed by atoms with Crippen molar-refractivity contribution in [2.75, 3.05) is 7.11 Å². The fourth-order valence-corrected chi connectivity index (χ4v) is 0.857. The van der Waals surface area contributed by atoms with Crippen molar-refractivity contribution in [3.8, 4) is 0 Å². The molecule has 2 nitrogen and oxygen atoms in total. The average molecular weight is 128 g/mol. The van der Waals surface area contributed by atoms with Crippen LogP contribution in [0.2, 0.25) is 0 Å². The molecule has 9 heavy (non-hydrogen) atoms. The number of rotatable bonds is 1. The van der Waals surface area contributed by atoms with Crippen LogP contribution in [0.4, 0.5) is 0 Å². The first-order valence-corrected chi connectivity index (χ1v) is 3.18. The minimum absolute atomic E-state index is 0.0231. The smallest absolute Gasteiger partial charge is 0.199 e. The van der Waals surface area contributed by atoms with Gasteiger partial charge >= 0.3 is 0 Å². The third-order valence-electron chi connectivity index (χ3n) is 1.46. The fourth-order valence-electron chi connectivity index (χ4n) is 0.857. The normalized spacial score (nSPS) is 34.0. The van der Waals surface area contributed by atoms with Crippen LogP contribution in [0.3, 0.4) is 0 Å². The molecule has 0 aromatic rings. The van der Waals surface area contributed by atoms with Crippen LogP contribution in [0, 0.1) is 5.92 Å². The highest BCUT2D eigenvalue weighted by atomic mass is 16.7. The van der Waals surface area contributed by atoms with E-state index in [0.717, 1.165) is 6.42 Å². The SMILES string of the molecule is COC1CC(C)C=CO1. The van der Waals surface area contributed by atoms with Crippen LogP contribution in [0.25, 0.3) is 0 Å². The first-order chi connectivity index (χ1) is 4.33. The summed E-state index contributed by atoms with van der Waals surface area (Å²) in [7, 11) is 1.66. The zero-order valence-corrected chi connectivity index (χ0v) is 5.83. The zero-order valence-electron chi connectivity index (χ0n) is 5.83. The van der Waals surface area contributed by atoms with E-state index in [0.29, 0.717) is 5.92 Å². The van der Waals surface area contributed by atoms with Gasteiger partial charge in [-0.25, -0.2) is 0 Å². The Morgan fingerprint density at radius 1 is 1.67 bits per heavy atom. The molecule has 0 saturated heterocycles. The molecule has 1 aliphatic rings. The molecule has 0 aromatic carbocycles. The number of hydrogen-bond acceptors (Lipinski definition) is 2. The van der Waals surface area contributed by atoms with Crippen LogP contribution in [0.1, 0.15) is 13.3 Å². The van der Waals surface area contributed by atoms with Gasteiger partial charge in [0.25, 0.3) is 0 Å². The lowest BCUT2D eigenvalue weighted by molar-refractivity contribution is -0.0993. The monoisotopic (exact) mass is 128 g/mol. The van der Waals surface area contributed by atoms with Gasteiger partial charge in [0.15, 0.2) is 6.29 Å². The molecule has 1 heterocycles. The summed E-state index contributed by atoms with van der Waals surface area (Å²) >= 11 is 0. The van der Waals surface area contributed by atoms with E-state index in [1.165, 1.54) is 0 Å². The molecule has 0 fully saturated rings. The first kappa shape index (κ1) is 6.62. The van der Waals surface area contributed by atoms with Crippen LogP contribution in [0.5, 0.6) is 0 Å². The van der Waals surface area contributed by atoms with Gasteiger partial charge < -0.3 is 9.47 Å². The minimum atomic E-state index is -0.0231. The van der Waals surface area contributed by atoms with Gasteiger partial charge in [-0.2, -0.15) is 0 Å². The Hall–Kier alpha value is -0.500. The second-order valence-corrected chi connectivity index (χ2v) is 2.34. The number of hydrogen-bond donors (Lipinski definition) is 0. The molecule has 2 atom stereocenters. The van der Waals surface area contributed by atoms with Crippen molar-refractivity contribution >= 4 is 0 Å². The molecule has 0 aliphatic carbocycles. The third kappa shape index (κ3) is 1.72. The lowest BCUT2D eigenvalue weighted by Gasteiger charge is -2.21. The van der Waals surface area contributed by atoms with Crippen LogP contribution < -0.4 is 0 Å². The van der Waals surface area contributed by atoms with Crippen molar-refractivity contribution in [2.45, 2.75) is 19.6 Å². The van der Waals surface area contributed by atoms with Gasteiger partial charge in [-0.1, -0.05) is 6.92 Å². The molecule has 1 rings (SSSR count). The van der Waals surface area contributed by atoms with Crippen molar-refractivity contribution in [3.63, 3.8) is 0 Å². The highest BCUT2D eigenvalue weighted by Crippen LogP contribution is 2.16. The Balaban J connectivity index is 2.38. The summed E-state index contributed by atoms with van der Waals surface area (Å²) in [5.74, 6) is 0.587. The Morgan fingerprint density at radius 3 is 2.89 bits per heavy atom. The molecule has 2 unspecified atom stereocenters. The van der Waals surface area contributed by atoms with Crippen molar-refractivity contribution in [1.29, 1.82) is 0 Å². The summed E-state index contributed by atoms with van der Waals surface area (Å²) in [5.41, 5.74) is 0. The maximum atomic E-state index is 5.09. The van der Waals surface area contributed by atoms with Gasteiger partial charge in [0, 0.05) is 13.5 Å². The van der Waals surface area contributed by atoms with E-state index in [4.69, 9.17) is 9.47 Å². The molecule has 0 aromatic heterocycles. The van der Waals surface area contributed by atoms with Crippen LogP contribution in [-0.2, 0) is 9.47 Å². The van der Waals surface area contributed by atoms with E-state index in [1.807, 2.05) is 6.08 Å². The molecular weight excluding hydrogens is 116 g/mol. The molecule has 0 amide bonds. The lowest BCUT2D eigenvalue weighted by atomic mass is 10.1. The van der Waals surface area contributed by atoms with E-state index in [9.17, 15) is 0 Å². The number of ether oxygens (including phenoxy) is 2. The molecule has 2 heteroatoms. The second kappa shape index (κ2) is 2.87. The van der Waals surface area contributed by atoms with Crippen LogP contribution in [0.15, 0.2) is 12.3 Å². The van der Waals surface area contributed by atoms with Crippen molar-refractivity contribution in [2.24, 2.45) is 5.92 Å². The van der Waals surface area contributed by atoms with Crippen LogP contribution >= 0.6 is 0 Å². The lowest BCUT2D eigenvalue weighted by Crippen LogP contribution is -2.18. The van der Waals surface area contributed by atoms with Gasteiger partial charge in [0.2, 0.25) is 0 Å². The van der Waals surface area contributed by atoms with Crippen molar-refractivity contribution in [3.05, 3.63) is 12.3 Å². The third-order valence-corrected chi connectivity index (χ3v) is 1.46. The Labute approximate surface area is 55.5 Å². The van der Waals surface area contributed by atoms with Gasteiger partial charge in [-0.05, 0) is 12.0 Å². The first-order valence-electron chi connectivity index (χ1n) is 3.18. The fraction of sp³-hybridized carbons (Fsp3) is 0.714. The second-order valence-electron chi connectivity index (χ2n) is 2.34. The molecule has 52 valence electrons. The maximum absolute atomic E-state index is 5.09. The van der Waals surface area contributed by atoms with E-state index in [2.05, 4.69) is 6.92 Å². The molecule has 1 aliphatic heterocycles. The predicted molar refractivity (Wildman–Crippen MR) is 34.8 cm³/mol. The summed E-state index contributed by atoms with van der Waals surface area (Å²) < 4.78 is 10.1. The predicted octanol–water partition coefficient (Wildman–Crippen LogP) is 1.53. The Bertz CT molecular complexity index is 109. The molecule has 0 bridgehead atoms. The summed E-state index contributed by atoms with van der Waals surface area (Å²) in [4.78, 5) is 0. The summed E-state index contributed by atoms with van der Waals surface area (Å²) in [5, 5.41) is 0. The number of methoxy groups -OCH3 is 1. The van der Waals surface area contributed by atoms with Gasteiger partial charge in [0.1, 0.15) is 0 Å². The standard InChI is InChI=1S/C7H12O2/c1-6-3-4-9-7(5-6)8-2/h3-4,6-7H,5H2,1-2H3. The van der Waals surface area contributed by atoms with Crippen molar-refractivity contribution < 1.29 is 9.47 Å². The Morgan fingerprint density at radius 2 is 2.44 bits per heavy atom. The molecule has 0 spiro atoms. The quantitative estimate of drug-likeness (QED) is 0.533. The minimum Gasteiger partial charge on any atom is -0.473 e. The highest BCUT2D eigenvalue weighted by molar-refractivity contribution is 4.85. The summed E-state index contributed by atoms with van der Waals surface area (Å²) in [6.07, 6.45) is 4.69. The van der Waals surface area contributed by atoms with Gasteiger partial charge in [-0.3, -0.25) is 0 Å². The molecule has 0 N–H and O–H groups in total. The topological polar surface area (TPSA) is 18.5 Å². The van der Waals surface area contributed by atoms with E-state index < -0.39 is 0 Å². The van der Waals surface area contributed by atoms with Gasteiger partial charge in [-0.15, -0.1) is 0 Å². The maximum Gasteiger partial charge on any atom is 0.199 e. The molecule has 0 radical (unpaired) electrons. The summed E-state index contributed by atoms with van der Waals surface area (Å²) in [6, 6.07) is 0. The van der Waals surface area contributed by atoms with E-state index in [1.54, 1.807) is 13.4 Å². The zero-order chi connectivity index (χ0) is 6.69. The highest BCUT2D eigenvalue weighted by Gasteiger charge is 2.13. The average Bonchev–Trinajstić information content (AvgIpc) is 1.88. The Kier molecular flexibility index (Phi) is 2.11. The van der Waals surface area contributed by atoms with Crippen molar-refractivity contribution in [1.82, 2.24) is 0 Å². The van der Waals surface area contributed by atoms with E-state index >= 15 is 0 Å². The largest absolute Gasteiger partial charge is 0.473 e. The number of allylic oxidation sites excluding steroid dienone is 1. The molecular formula is C7H12O2. The van der Waals surface area contributed by atoms with E-state index in [-0.39, 0.29) is 6.29 Å².